The average Bonchev–Trinajstić information content (AvgIpc) is 3.24. The van der Waals surface area contributed by atoms with Gasteiger partial charge in [-0.2, -0.15) is 8.42 Å². The summed E-state index contributed by atoms with van der Waals surface area (Å²) in [5.41, 5.74) is 0.200. The fourth-order valence-corrected chi connectivity index (χ4v) is 4.53. The van der Waals surface area contributed by atoms with Crippen LogP contribution in [-0.4, -0.2) is 74.0 Å². The molecule has 3 atom stereocenters. The van der Waals surface area contributed by atoms with Gasteiger partial charge in [-0.05, 0) is 32.8 Å². The molecule has 3 rings (SSSR count). The molecule has 0 bridgehead atoms. The van der Waals surface area contributed by atoms with Gasteiger partial charge in [0.25, 0.3) is 10.1 Å². The number of fused-ring (bicyclic) bond motifs is 1. The van der Waals surface area contributed by atoms with Crippen molar-refractivity contribution in [3.8, 4) is 0 Å². The second-order valence-electron chi connectivity index (χ2n) is 8.96. The monoisotopic (exact) mass is 454 g/mol. The lowest BCUT2D eigenvalue weighted by Gasteiger charge is -2.30. The highest BCUT2D eigenvalue weighted by molar-refractivity contribution is 7.85. The van der Waals surface area contributed by atoms with Crippen molar-refractivity contribution in [3.63, 3.8) is 0 Å². The van der Waals surface area contributed by atoms with Gasteiger partial charge in [0.05, 0.1) is 24.9 Å². The molecule has 2 fully saturated rings. The van der Waals surface area contributed by atoms with Crippen LogP contribution in [0.2, 0.25) is 0 Å². The number of hydrogen-bond donors (Lipinski definition) is 0. The Hall–Kier alpha value is -2.33. The Morgan fingerprint density at radius 1 is 1.10 bits per heavy atom. The van der Waals surface area contributed by atoms with Crippen molar-refractivity contribution in [1.29, 1.82) is 0 Å². The molecule has 0 radical (unpaired) electrons. The Morgan fingerprint density at radius 3 is 2.39 bits per heavy atom. The maximum Gasteiger partial charge on any atom is 0.410 e. The van der Waals surface area contributed by atoms with E-state index in [1.54, 1.807) is 30.6 Å². The van der Waals surface area contributed by atoms with Crippen molar-refractivity contribution in [3.05, 3.63) is 35.9 Å². The molecule has 0 aromatic heterocycles. The van der Waals surface area contributed by atoms with E-state index in [-0.39, 0.29) is 31.7 Å². The van der Waals surface area contributed by atoms with E-state index < -0.39 is 33.9 Å². The molecule has 3 unspecified atom stereocenters. The van der Waals surface area contributed by atoms with Gasteiger partial charge in [-0.15, -0.1) is 0 Å². The van der Waals surface area contributed by atoms with Crippen LogP contribution in [0.5, 0.6) is 0 Å². The molecule has 2 aliphatic heterocycles. The summed E-state index contributed by atoms with van der Waals surface area (Å²) in [6.07, 6.45) is 0.557. The highest BCUT2D eigenvalue weighted by Crippen LogP contribution is 2.37. The maximum absolute atomic E-state index is 12.8. The number of ether oxygens (including phenoxy) is 2. The third-order valence-corrected chi connectivity index (χ3v) is 5.86. The first-order valence-electron chi connectivity index (χ1n) is 10.3. The third kappa shape index (κ3) is 6.10. The van der Waals surface area contributed by atoms with Gasteiger partial charge in [0.1, 0.15) is 12.2 Å². The molecule has 0 saturated carbocycles. The fourth-order valence-electron chi connectivity index (χ4n) is 4.11. The minimum absolute atomic E-state index is 0.123. The van der Waals surface area contributed by atoms with E-state index in [1.165, 1.54) is 0 Å². The molecule has 0 N–H and O–H groups in total. The molecular weight excluding hydrogens is 424 g/mol. The number of benzene rings is 1. The molecular formula is C21H30N2O7S. The first kappa shape index (κ1) is 23.3. The standard InChI is InChI=1S/C21H30N2O7S/c1-21(2,3)30-20(25)22-11-10-17-18(22)16(14-29-31(4,26)27)12-23(17)19(24)28-13-15-8-6-5-7-9-15/h5-9,16-18H,10-14H2,1-4H3. The quantitative estimate of drug-likeness (QED) is 0.630. The smallest absolute Gasteiger partial charge is 0.410 e. The van der Waals surface area contributed by atoms with Gasteiger partial charge in [-0.25, -0.2) is 9.59 Å². The van der Waals surface area contributed by atoms with Crippen molar-refractivity contribution in [2.75, 3.05) is 26.0 Å². The van der Waals surface area contributed by atoms with Gasteiger partial charge < -0.3 is 19.3 Å². The zero-order valence-electron chi connectivity index (χ0n) is 18.3. The fraction of sp³-hybridized carbons (Fsp3) is 0.619. The minimum Gasteiger partial charge on any atom is -0.445 e. The van der Waals surface area contributed by atoms with Gasteiger partial charge >= 0.3 is 12.2 Å². The molecule has 1 aromatic carbocycles. The van der Waals surface area contributed by atoms with Gasteiger partial charge in [0.2, 0.25) is 0 Å². The summed E-state index contributed by atoms with van der Waals surface area (Å²) in [5, 5.41) is 0. The lowest BCUT2D eigenvalue weighted by molar-refractivity contribution is 0.0173. The van der Waals surface area contributed by atoms with E-state index in [0.717, 1.165) is 11.8 Å². The van der Waals surface area contributed by atoms with E-state index in [9.17, 15) is 18.0 Å². The number of rotatable bonds is 5. The molecule has 172 valence electrons. The first-order chi connectivity index (χ1) is 14.4. The summed E-state index contributed by atoms with van der Waals surface area (Å²) in [5.74, 6) is -0.376. The topological polar surface area (TPSA) is 102 Å². The largest absolute Gasteiger partial charge is 0.445 e. The van der Waals surface area contributed by atoms with Crippen molar-refractivity contribution >= 4 is 22.3 Å². The third-order valence-electron chi connectivity index (χ3n) is 5.30. The van der Waals surface area contributed by atoms with E-state index in [1.807, 2.05) is 30.3 Å². The minimum atomic E-state index is -3.66. The summed E-state index contributed by atoms with van der Waals surface area (Å²) < 4.78 is 39.1. The van der Waals surface area contributed by atoms with Crippen LogP contribution in [0.1, 0.15) is 32.8 Å². The molecule has 2 heterocycles. The second-order valence-corrected chi connectivity index (χ2v) is 10.6. The molecule has 2 saturated heterocycles. The predicted octanol–water partition coefficient (Wildman–Crippen LogP) is 2.61. The van der Waals surface area contributed by atoms with Crippen LogP contribution < -0.4 is 0 Å². The maximum atomic E-state index is 12.8. The summed E-state index contributed by atoms with van der Waals surface area (Å²) in [6, 6.07) is 8.65. The number of carbonyl (C=O) groups excluding carboxylic acids is 2. The van der Waals surface area contributed by atoms with Crippen LogP contribution >= 0.6 is 0 Å². The lowest BCUT2D eigenvalue weighted by Crippen LogP contribution is -2.46. The van der Waals surface area contributed by atoms with E-state index in [0.29, 0.717) is 13.0 Å². The Bertz CT molecular complexity index is 898. The van der Waals surface area contributed by atoms with E-state index >= 15 is 0 Å². The first-order valence-corrected chi connectivity index (χ1v) is 12.1. The Morgan fingerprint density at radius 2 is 1.77 bits per heavy atom. The van der Waals surface area contributed by atoms with Crippen LogP contribution in [0, 0.1) is 5.92 Å². The number of likely N-dealkylation sites (tertiary alicyclic amines) is 2. The SMILES string of the molecule is CC(C)(C)OC(=O)N1CCC2C1C(COS(C)(=O)=O)CN2C(=O)OCc1ccccc1. The Kier molecular flexibility index (Phi) is 6.80. The van der Waals surface area contributed by atoms with Crippen LogP contribution in [0.4, 0.5) is 9.59 Å². The molecule has 1 aromatic rings. The normalized spacial score (nSPS) is 23.5. The molecule has 0 aliphatic carbocycles. The number of hydrogen-bond acceptors (Lipinski definition) is 7. The van der Waals surface area contributed by atoms with Crippen molar-refractivity contribution in [2.24, 2.45) is 5.92 Å². The summed E-state index contributed by atoms with van der Waals surface area (Å²) in [7, 11) is -3.66. The van der Waals surface area contributed by atoms with Crippen molar-refractivity contribution < 1.29 is 31.7 Å². The number of amides is 2. The molecule has 10 heteroatoms. The number of carbonyl (C=O) groups is 2. The molecule has 2 amide bonds. The summed E-state index contributed by atoms with van der Waals surface area (Å²) in [4.78, 5) is 28.7. The van der Waals surface area contributed by atoms with E-state index in [4.69, 9.17) is 13.7 Å². The van der Waals surface area contributed by atoms with Crippen molar-refractivity contribution in [1.82, 2.24) is 9.80 Å². The number of nitrogens with zero attached hydrogens (tertiary/aromatic N) is 2. The highest BCUT2D eigenvalue weighted by atomic mass is 32.2. The summed E-state index contributed by atoms with van der Waals surface area (Å²) >= 11 is 0. The van der Waals surface area contributed by atoms with Gasteiger partial charge in [-0.3, -0.25) is 4.18 Å². The van der Waals surface area contributed by atoms with Gasteiger partial charge in [0.15, 0.2) is 0 Å². The van der Waals surface area contributed by atoms with E-state index in [2.05, 4.69) is 0 Å². The molecule has 2 aliphatic rings. The Balaban J connectivity index is 1.74. The van der Waals surface area contributed by atoms with Crippen LogP contribution in [0.3, 0.4) is 0 Å². The van der Waals surface area contributed by atoms with Crippen LogP contribution in [-0.2, 0) is 30.4 Å². The predicted molar refractivity (Wildman–Crippen MR) is 113 cm³/mol. The zero-order valence-corrected chi connectivity index (χ0v) is 19.1. The van der Waals surface area contributed by atoms with Crippen molar-refractivity contribution in [2.45, 2.75) is 51.5 Å². The molecule has 9 nitrogen and oxygen atoms in total. The highest BCUT2D eigenvalue weighted by Gasteiger charge is 2.53. The Labute approximate surface area is 183 Å². The van der Waals surface area contributed by atoms with Crippen LogP contribution in [0.25, 0.3) is 0 Å². The lowest BCUT2D eigenvalue weighted by atomic mass is 10.0. The second kappa shape index (κ2) is 9.04. The van der Waals surface area contributed by atoms with Gasteiger partial charge in [-0.1, -0.05) is 30.3 Å². The van der Waals surface area contributed by atoms with Gasteiger partial charge in [0, 0.05) is 19.0 Å². The zero-order chi connectivity index (χ0) is 22.8. The summed E-state index contributed by atoms with van der Waals surface area (Å²) in [6.45, 7) is 6.00. The molecule has 31 heavy (non-hydrogen) atoms. The average molecular weight is 455 g/mol. The molecule has 0 spiro atoms. The van der Waals surface area contributed by atoms with Crippen LogP contribution in [0.15, 0.2) is 30.3 Å².